The number of hydrogen-bond donors (Lipinski definition) is 1. The van der Waals surface area contributed by atoms with Crippen molar-refractivity contribution < 1.29 is 17.9 Å². The summed E-state index contributed by atoms with van der Waals surface area (Å²) in [6.07, 6.45) is 0.848. The first-order valence-electron chi connectivity index (χ1n) is 6.05. The highest BCUT2D eigenvalue weighted by atomic mass is 32.2. The van der Waals surface area contributed by atoms with Crippen LogP contribution < -0.4 is 9.46 Å². The largest absolute Gasteiger partial charge is 0.497 e. The highest BCUT2D eigenvalue weighted by molar-refractivity contribution is 7.90. The van der Waals surface area contributed by atoms with Gasteiger partial charge in [-0.1, -0.05) is 19.9 Å². The van der Waals surface area contributed by atoms with Gasteiger partial charge in [0.1, 0.15) is 5.75 Å². The Morgan fingerprint density at radius 1 is 1.37 bits per heavy atom. The number of nitrogens with one attached hydrogen (secondary N) is 1. The minimum Gasteiger partial charge on any atom is -0.497 e. The van der Waals surface area contributed by atoms with Gasteiger partial charge in [0, 0.05) is 12.5 Å². The van der Waals surface area contributed by atoms with Gasteiger partial charge in [-0.05, 0) is 24.5 Å². The van der Waals surface area contributed by atoms with Crippen molar-refractivity contribution in [1.82, 2.24) is 4.72 Å². The van der Waals surface area contributed by atoms with E-state index in [1.165, 1.54) is 19.2 Å². The standard InChI is InChI=1S/C13H19NO4S/c1-10(2)7-8-13(15)14-19(16,17)12-6-4-5-11(9-12)18-3/h4-6,9-10H,7-8H2,1-3H3,(H,14,15). The molecule has 6 heteroatoms. The smallest absolute Gasteiger partial charge is 0.264 e. The zero-order chi connectivity index (χ0) is 14.5. The predicted octanol–water partition coefficient (Wildman–Crippen LogP) is 1.94. The Labute approximate surface area is 114 Å². The molecule has 5 nitrogen and oxygen atoms in total. The van der Waals surface area contributed by atoms with E-state index < -0.39 is 15.9 Å². The van der Waals surface area contributed by atoms with Gasteiger partial charge < -0.3 is 4.74 Å². The Balaban J connectivity index is 2.77. The van der Waals surface area contributed by atoms with Gasteiger partial charge in [0.25, 0.3) is 10.0 Å². The molecule has 0 unspecified atom stereocenters. The third-order valence-electron chi connectivity index (χ3n) is 2.55. The molecular formula is C13H19NO4S. The predicted molar refractivity (Wildman–Crippen MR) is 72.4 cm³/mol. The van der Waals surface area contributed by atoms with Gasteiger partial charge in [0.2, 0.25) is 5.91 Å². The molecule has 0 radical (unpaired) electrons. The van der Waals surface area contributed by atoms with Crippen LogP contribution in [0.3, 0.4) is 0 Å². The fraction of sp³-hybridized carbons (Fsp3) is 0.462. The van der Waals surface area contributed by atoms with Crippen LogP contribution in [0.2, 0.25) is 0 Å². The average molecular weight is 285 g/mol. The molecule has 19 heavy (non-hydrogen) atoms. The summed E-state index contributed by atoms with van der Waals surface area (Å²) in [4.78, 5) is 11.6. The van der Waals surface area contributed by atoms with E-state index in [1.807, 2.05) is 13.8 Å². The van der Waals surface area contributed by atoms with E-state index in [4.69, 9.17) is 4.74 Å². The Kier molecular flexibility index (Phi) is 5.35. The summed E-state index contributed by atoms with van der Waals surface area (Å²) >= 11 is 0. The molecule has 0 aliphatic heterocycles. The number of sulfonamides is 1. The summed E-state index contributed by atoms with van der Waals surface area (Å²) in [6.45, 7) is 3.95. The van der Waals surface area contributed by atoms with Crippen LogP contribution in [0, 0.1) is 5.92 Å². The maximum absolute atomic E-state index is 12.0. The molecule has 1 aromatic carbocycles. The minimum atomic E-state index is -3.82. The van der Waals surface area contributed by atoms with Crippen LogP contribution in [-0.4, -0.2) is 21.4 Å². The lowest BCUT2D eigenvalue weighted by molar-refractivity contribution is -0.119. The lowest BCUT2D eigenvalue weighted by Gasteiger charge is -2.09. The van der Waals surface area contributed by atoms with Crippen molar-refractivity contribution in [3.63, 3.8) is 0 Å². The number of hydrogen-bond acceptors (Lipinski definition) is 4. The molecule has 0 heterocycles. The second kappa shape index (κ2) is 6.56. The van der Waals surface area contributed by atoms with Crippen LogP contribution in [-0.2, 0) is 14.8 Å². The maximum atomic E-state index is 12.0. The third kappa shape index (κ3) is 4.90. The lowest BCUT2D eigenvalue weighted by atomic mass is 10.1. The molecule has 106 valence electrons. The highest BCUT2D eigenvalue weighted by Crippen LogP contribution is 2.17. The van der Waals surface area contributed by atoms with Crippen LogP contribution in [0.15, 0.2) is 29.2 Å². The number of ether oxygens (including phenoxy) is 1. The molecule has 1 amide bonds. The van der Waals surface area contributed by atoms with Crippen molar-refractivity contribution >= 4 is 15.9 Å². The fourth-order valence-electron chi connectivity index (χ4n) is 1.45. The Morgan fingerprint density at radius 2 is 2.05 bits per heavy atom. The van der Waals surface area contributed by atoms with Gasteiger partial charge >= 0.3 is 0 Å². The number of carbonyl (C=O) groups is 1. The first-order chi connectivity index (χ1) is 8.85. The number of benzene rings is 1. The molecule has 0 bridgehead atoms. The van der Waals surface area contributed by atoms with Crippen molar-refractivity contribution in [2.45, 2.75) is 31.6 Å². The molecule has 0 atom stereocenters. The molecule has 0 aromatic heterocycles. The maximum Gasteiger partial charge on any atom is 0.264 e. The van der Waals surface area contributed by atoms with Gasteiger partial charge in [-0.3, -0.25) is 4.79 Å². The van der Waals surface area contributed by atoms with E-state index in [0.717, 1.165) is 0 Å². The summed E-state index contributed by atoms with van der Waals surface area (Å²) in [7, 11) is -2.37. The van der Waals surface area contributed by atoms with Gasteiger partial charge in [0.05, 0.1) is 12.0 Å². The van der Waals surface area contributed by atoms with Gasteiger partial charge in [0.15, 0.2) is 0 Å². The van der Waals surface area contributed by atoms with Crippen molar-refractivity contribution in [2.24, 2.45) is 5.92 Å². The van der Waals surface area contributed by atoms with Crippen LogP contribution >= 0.6 is 0 Å². The second-order valence-corrected chi connectivity index (χ2v) is 6.32. The monoisotopic (exact) mass is 285 g/mol. The number of methoxy groups -OCH3 is 1. The Bertz CT molecular complexity index is 537. The van der Waals surface area contributed by atoms with Crippen molar-refractivity contribution in [1.29, 1.82) is 0 Å². The van der Waals surface area contributed by atoms with Gasteiger partial charge in [-0.2, -0.15) is 0 Å². The lowest BCUT2D eigenvalue weighted by Crippen LogP contribution is -2.30. The zero-order valence-corrected chi connectivity index (χ0v) is 12.2. The minimum absolute atomic E-state index is 0.0183. The number of rotatable bonds is 6. The first-order valence-corrected chi connectivity index (χ1v) is 7.53. The summed E-state index contributed by atoms with van der Waals surface area (Å²) in [6, 6.07) is 5.99. The molecule has 0 spiro atoms. The fourth-order valence-corrected chi connectivity index (χ4v) is 2.50. The van der Waals surface area contributed by atoms with Crippen molar-refractivity contribution in [3.05, 3.63) is 24.3 Å². The van der Waals surface area contributed by atoms with Crippen molar-refractivity contribution in [2.75, 3.05) is 7.11 Å². The summed E-state index contributed by atoms with van der Waals surface area (Å²) in [5.41, 5.74) is 0. The van der Waals surface area contributed by atoms with Crippen LogP contribution in [0.1, 0.15) is 26.7 Å². The van der Waals surface area contributed by atoms with Crippen molar-refractivity contribution in [3.8, 4) is 5.75 Å². The molecule has 0 saturated heterocycles. The van der Waals surface area contributed by atoms with E-state index >= 15 is 0 Å². The van der Waals surface area contributed by atoms with Gasteiger partial charge in [-0.25, -0.2) is 13.1 Å². The second-order valence-electron chi connectivity index (χ2n) is 4.64. The Morgan fingerprint density at radius 3 is 2.63 bits per heavy atom. The molecular weight excluding hydrogens is 266 g/mol. The summed E-state index contributed by atoms with van der Waals surface area (Å²) in [5.74, 6) is 0.291. The molecule has 1 aromatic rings. The normalized spacial score (nSPS) is 11.4. The molecule has 0 fully saturated rings. The SMILES string of the molecule is COc1cccc(S(=O)(=O)NC(=O)CCC(C)C)c1. The van der Waals surface area contributed by atoms with E-state index in [9.17, 15) is 13.2 Å². The summed E-state index contributed by atoms with van der Waals surface area (Å²) < 4.78 is 30.9. The molecule has 0 saturated carbocycles. The topological polar surface area (TPSA) is 72.5 Å². The van der Waals surface area contributed by atoms with E-state index in [0.29, 0.717) is 18.1 Å². The molecule has 0 aliphatic rings. The van der Waals surface area contributed by atoms with Crippen LogP contribution in [0.4, 0.5) is 0 Å². The molecule has 1 rings (SSSR count). The quantitative estimate of drug-likeness (QED) is 0.867. The molecule has 1 N–H and O–H groups in total. The number of amides is 1. The van der Waals surface area contributed by atoms with E-state index in [-0.39, 0.29) is 11.3 Å². The average Bonchev–Trinajstić information content (AvgIpc) is 2.36. The van der Waals surface area contributed by atoms with Crippen LogP contribution in [0.25, 0.3) is 0 Å². The first kappa shape index (κ1) is 15.5. The molecule has 0 aliphatic carbocycles. The van der Waals surface area contributed by atoms with E-state index in [1.54, 1.807) is 12.1 Å². The van der Waals surface area contributed by atoms with Crippen LogP contribution in [0.5, 0.6) is 5.75 Å². The van der Waals surface area contributed by atoms with E-state index in [2.05, 4.69) is 4.72 Å². The number of carbonyl (C=O) groups excluding carboxylic acids is 1. The van der Waals surface area contributed by atoms with Gasteiger partial charge in [-0.15, -0.1) is 0 Å². The highest BCUT2D eigenvalue weighted by Gasteiger charge is 2.18. The Hall–Kier alpha value is -1.56. The third-order valence-corrected chi connectivity index (χ3v) is 3.92. The summed E-state index contributed by atoms with van der Waals surface area (Å²) in [5, 5.41) is 0. The zero-order valence-electron chi connectivity index (χ0n) is 11.3.